The largest absolute Gasteiger partial charge is 0.494 e. The van der Waals surface area contributed by atoms with Crippen molar-refractivity contribution in [3.63, 3.8) is 0 Å². The summed E-state index contributed by atoms with van der Waals surface area (Å²) in [5.41, 5.74) is 0.793. The zero-order valence-corrected chi connectivity index (χ0v) is 21.9. The minimum absolute atomic E-state index is 0.135. The number of carbonyl (C=O) groups is 2. The number of unbranched alkanes of at least 4 members (excludes halogenated alkanes) is 9. The Morgan fingerprint density at radius 2 is 1.20 bits per heavy atom. The molecule has 0 aliphatic heterocycles. The molecule has 0 bridgehead atoms. The van der Waals surface area contributed by atoms with Crippen LogP contribution in [0.1, 0.15) is 98.8 Å². The molecule has 5 nitrogen and oxygen atoms in total. The normalized spacial score (nSPS) is 11.6. The summed E-state index contributed by atoms with van der Waals surface area (Å²) in [6, 6.07) is 13.2. The van der Waals surface area contributed by atoms with Crippen LogP contribution in [0.15, 0.2) is 48.5 Å². The van der Waals surface area contributed by atoms with Gasteiger partial charge < -0.3 is 14.2 Å². The van der Waals surface area contributed by atoms with E-state index in [1.54, 1.807) is 55.5 Å². The van der Waals surface area contributed by atoms with Crippen LogP contribution in [0.25, 0.3) is 0 Å². The number of benzene rings is 2. The van der Waals surface area contributed by atoms with Crippen LogP contribution in [0.4, 0.5) is 0 Å². The van der Waals surface area contributed by atoms with E-state index in [2.05, 4.69) is 6.92 Å². The summed E-state index contributed by atoms with van der Waals surface area (Å²) in [6.45, 7) is 4.81. The van der Waals surface area contributed by atoms with E-state index in [1.807, 2.05) is 0 Å². The van der Waals surface area contributed by atoms with E-state index in [1.165, 1.54) is 57.8 Å². The highest BCUT2D eigenvalue weighted by Crippen LogP contribution is 2.18. The van der Waals surface area contributed by atoms with Crippen LogP contribution in [-0.4, -0.2) is 30.5 Å². The Bertz CT molecular complexity index is 862. The van der Waals surface area contributed by atoms with Gasteiger partial charge in [0, 0.05) is 0 Å². The Kier molecular flexibility index (Phi) is 13.9. The van der Waals surface area contributed by atoms with Gasteiger partial charge >= 0.3 is 11.9 Å². The summed E-state index contributed by atoms with van der Waals surface area (Å²) in [4.78, 5) is 24.3. The second kappa shape index (κ2) is 17.0. The number of carbonyl (C=O) groups excluding carboxylic acids is 2. The van der Waals surface area contributed by atoms with Crippen LogP contribution in [-0.2, 0) is 4.74 Å². The molecule has 35 heavy (non-hydrogen) atoms. The number of esters is 2. The van der Waals surface area contributed by atoms with Gasteiger partial charge in [-0.25, -0.2) is 9.59 Å². The lowest BCUT2D eigenvalue weighted by Crippen LogP contribution is -2.12. The molecule has 6 heteroatoms. The van der Waals surface area contributed by atoms with Crippen LogP contribution >= 0.6 is 11.6 Å². The van der Waals surface area contributed by atoms with Crippen molar-refractivity contribution >= 4 is 23.5 Å². The van der Waals surface area contributed by atoms with Gasteiger partial charge in [-0.1, -0.05) is 64.7 Å². The third kappa shape index (κ3) is 12.1. The number of hydrogen-bond donors (Lipinski definition) is 0. The molecular formula is C29H39ClO5. The van der Waals surface area contributed by atoms with E-state index in [-0.39, 0.29) is 12.0 Å². The lowest BCUT2D eigenvalue weighted by Gasteiger charge is -2.09. The molecule has 0 saturated heterocycles. The SMILES string of the molecule is CCCCCCCCCCCCOc1ccc(C(=O)Oc2ccc(C(=O)OC[C@@H](C)Cl)cc2)cc1. The molecule has 0 heterocycles. The summed E-state index contributed by atoms with van der Waals surface area (Å²) in [6.07, 6.45) is 12.9. The molecule has 0 aliphatic rings. The van der Waals surface area contributed by atoms with Gasteiger partial charge in [-0.05, 0) is 61.9 Å². The molecule has 0 aliphatic carbocycles. The van der Waals surface area contributed by atoms with Gasteiger partial charge in [-0.15, -0.1) is 11.6 Å². The fraction of sp³-hybridized carbons (Fsp3) is 0.517. The molecule has 0 aromatic heterocycles. The first-order chi connectivity index (χ1) is 17.0. The topological polar surface area (TPSA) is 61.8 Å². The number of halogens is 1. The van der Waals surface area contributed by atoms with Crippen LogP contribution in [0.5, 0.6) is 11.5 Å². The number of rotatable bonds is 17. The van der Waals surface area contributed by atoms with Crippen molar-refractivity contribution in [1.29, 1.82) is 0 Å². The van der Waals surface area contributed by atoms with E-state index in [4.69, 9.17) is 25.8 Å². The van der Waals surface area contributed by atoms with Crippen molar-refractivity contribution in [3.8, 4) is 11.5 Å². The fourth-order valence-electron chi connectivity index (χ4n) is 3.57. The van der Waals surface area contributed by atoms with Crippen molar-refractivity contribution in [2.75, 3.05) is 13.2 Å². The van der Waals surface area contributed by atoms with Crippen LogP contribution < -0.4 is 9.47 Å². The predicted octanol–water partition coefficient (Wildman–Crippen LogP) is 7.99. The van der Waals surface area contributed by atoms with Crippen molar-refractivity contribution < 1.29 is 23.8 Å². The van der Waals surface area contributed by atoms with Gasteiger partial charge in [0.05, 0.1) is 23.1 Å². The zero-order valence-electron chi connectivity index (χ0n) is 21.1. The molecule has 2 aromatic rings. The Labute approximate surface area is 215 Å². The van der Waals surface area contributed by atoms with E-state index in [9.17, 15) is 9.59 Å². The van der Waals surface area contributed by atoms with E-state index >= 15 is 0 Å². The Hall–Kier alpha value is -2.53. The van der Waals surface area contributed by atoms with E-state index in [0.29, 0.717) is 23.5 Å². The summed E-state index contributed by atoms with van der Waals surface area (Å²) >= 11 is 5.79. The zero-order chi connectivity index (χ0) is 25.3. The van der Waals surface area contributed by atoms with Gasteiger partial charge in [0.2, 0.25) is 0 Å². The van der Waals surface area contributed by atoms with Crippen molar-refractivity contribution in [2.45, 2.75) is 83.4 Å². The smallest absolute Gasteiger partial charge is 0.343 e. The van der Waals surface area contributed by atoms with Crippen LogP contribution in [0.2, 0.25) is 0 Å². The molecule has 0 radical (unpaired) electrons. The highest BCUT2D eigenvalue weighted by atomic mass is 35.5. The molecule has 0 fully saturated rings. The first-order valence-corrected chi connectivity index (χ1v) is 13.3. The average Bonchev–Trinajstić information content (AvgIpc) is 2.86. The second-order valence-corrected chi connectivity index (χ2v) is 9.59. The molecule has 0 unspecified atom stereocenters. The Balaban J connectivity index is 1.64. The van der Waals surface area contributed by atoms with E-state index in [0.717, 1.165) is 12.2 Å². The van der Waals surface area contributed by atoms with E-state index < -0.39 is 11.9 Å². The maximum Gasteiger partial charge on any atom is 0.343 e. The van der Waals surface area contributed by atoms with Gasteiger partial charge in [-0.2, -0.15) is 0 Å². The molecule has 2 rings (SSSR count). The molecule has 0 spiro atoms. The number of ether oxygens (including phenoxy) is 3. The molecule has 1 atom stereocenters. The quantitative estimate of drug-likeness (QED) is 0.0948. The average molecular weight is 503 g/mol. The molecule has 192 valence electrons. The summed E-state index contributed by atoms with van der Waals surface area (Å²) in [7, 11) is 0. The molecular weight excluding hydrogens is 464 g/mol. The predicted molar refractivity (Wildman–Crippen MR) is 141 cm³/mol. The highest BCUT2D eigenvalue weighted by molar-refractivity contribution is 6.20. The van der Waals surface area contributed by atoms with Gasteiger partial charge in [0.25, 0.3) is 0 Å². The van der Waals surface area contributed by atoms with Crippen LogP contribution in [0, 0.1) is 0 Å². The summed E-state index contributed by atoms with van der Waals surface area (Å²) < 4.78 is 16.3. The molecule has 0 saturated carbocycles. The maximum absolute atomic E-state index is 12.4. The summed E-state index contributed by atoms with van der Waals surface area (Å²) in [5, 5.41) is -0.254. The van der Waals surface area contributed by atoms with Crippen molar-refractivity contribution in [1.82, 2.24) is 0 Å². The highest BCUT2D eigenvalue weighted by Gasteiger charge is 2.12. The third-order valence-electron chi connectivity index (χ3n) is 5.60. The fourth-order valence-corrected chi connectivity index (χ4v) is 3.63. The van der Waals surface area contributed by atoms with Crippen LogP contribution in [0.3, 0.4) is 0 Å². The first-order valence-electron chi connectivity index (χ1n) is 12.9. The molecule has 2 aromatic carbocycles. The summed E-state index contributed by atoms with van der Waals surface area (Å²) in [5.74, 6) is 0.145. The minimum Gasteiger partial charge on any atom is -0.494 e. The Morgan fingerprint density at radius 1 is 0.714 bits per heavy atom. The number of alkyl halides is 1. The first kappa shape index (κ1) is 28.7. The second-order valence-electron chi connectivity index (χ2n) is 8.85. The van der Waals surface area contributed by atoms with Gasteiger partial charge in [0.15, 0.2) is 0 Å². The lowest BCUT2D eigenvalue weighted by atomic mass is 10.1. The third-order valence-corrected chi connectivity index (χ3v) is 5.73. The standard InChI is InChI=1S/C29H39ClO5/c1-3-4-5-6-7-8-9-10-11-12-21-33-26-17-13-25(14-18-26)29(32)35-27-19-15-24(16-20-27)28(31)34-22-23(2)30/h13-20,23H,3-12,21-22H2,1-2H3/t23-/m1/s1. The lowest BCUT2D eigenvalue weighted by molar-refractivity contribution is 0.0508. The molecule has 0 N–H and O–H groups in total. The Morgan fingerprint density at radius 3 is 1.74 bits per heavy atom. The number of hydrogen-bond acceptors (Lipinski definition) is 5. The maximum atomic E-state index is 12.4. The van der Waals surface area contributed by atoms with Crippen molar-refractivity contribution in [3.05, 3.63) is 59.7 Å². The monoisotopic (exact) mass is 502 g/mol. The van der Waals surface area contributed by atoms with Gasteiger partial charge in [0.1, 0.15) is 18.1 Å². The molecule has 0 amide bonds. The van der Waals surface area contributed by atoms with Crippen molar-refractivity contribution in [2.24, 2.45) is 0 Å². The minimum atomic E-state index is -0.475. The van der Waals surface area contributed by atoms with Gasteiger partial charge in [-0.3, -0.25) is 0 Å².